The molecule has 1 unspecified atom stereocenters. The molecule has 7 heteroatoms. The van der Waals surface area contributed by atoms with Crippen LogP contribution in [0.15, 0.2) is 4.79 Å². The van der Waals surface area contributed by atoms with Gasteiger partial charge in [-0.2, -0.15) is 0 Å². The molecule has 2 amide bonds. The first-order valence-electron chi connectivity index (χ1n) is 9.61. The highest BCUT2D eigenvalue weighted by molar-refractivity contribution is 5.89. The van der Waals surface area contributed by atoms with Crippen molar-refractivity contribution in [3.05, 3.63) is 27.4 Å². The fraction of sp³-hybridized carbons (Fsp3) is 0.684. The Morgan fingerprint density at radius 1 is 1.31 bits per heavy atom. The van der Waals surface area contributed by atoms with Gasteiger partial charge >= 0.3 is 0 Å². The van der Waals surface area contributed by atoms with Crippen molar-refractivity contribution in [1.29, 1.82) is 0 Å². The van der Waals surface area contributed by atoms with Crippen LogP contribution in [0, 0.1) is 11.8 Å². The number of likely N-dealkylation sites (tertiary alicyclic amines) is 1. The molecule has 0 radical (unpaired) electrons. The van der Waals surface area contributed by atoms with Gasteiger partial charge in [-0.1, -0.05) is 0 Å². The molecule has 3 aliphatic rings. The first-order valence-corrected chi connectivity index (χ1v) is 9.61. The number of nitrogens with zero attached hydrogens (tertiary/aromatic N) is 3. The minimum absolute atomic E-state index is 0.0120. The first-order chi connectivity index (χ1) is 12.4. The van der Waals surface area contributed by atoms with Crippen LogP contribution in [0.3, 0.4) is 0 Å². The fourth-order valence-corrected chi connectivity index (χ4v) is 4.03. The minimum atomic E-state index is -0.278. The lowest BCUT2D eigenvalue weighted by molar-refractivity contribution is -0.136. The van der Waals surface area contributed by atoms with Gasteiger partial charge in [0.1, 0.15) is 5.82 Å². The summed E-state index contributed by atoms with van der Waals surface area (Å²) in [5, 5.41) is 0. The van der Waals surface area contributed by atoms with Gasteiger partial charge in [0.05, 0.1) is 18.2 Å². The maximum absolute atomic E-state index is 12.9. The molecule has 1 aliphatic carbocycles. The number of aromatic amines is 1. The molecule has 2 fully saturated rings. The Morgan fingerprint density at radius 3 is 2.73 bits per heavy atom. The summed E-state index contributed by atoms with van der Waals surface area (Å²) in [7, 11) is 0. The molecule has 1 saturated carbocycles. The highest BCUT2D eigenvalue weighted by Gasteiger charge is 2.38. The van der Waals surface area contributed by atoms with Crippen LogP contribution in [0.1, 0.15) is 50.2 Å². The van der Waals surface area contributed by atoms with Crippen LogP contribution in [-0.2, 0) is 29.0 Å². The van der Waals surface area contributed by atoms with Gasteiger partial charge in [0.25, 0.3) is 5.56 Å². The lowest BCUT2D eigenvalue weighted by Gasteiger charge is -2.30. The third kappa shape index (κ3) is 3.27. The van der Waals surface area contributed by atoms with E-state index < -0.39 is 0 Å². The maximum Gasteiger partial charge on any atom is 0.254 e. The summed E-state index contributed by atoms with van der Waals surface area (Å²) in [5.41, 5.74) is 1.38. The predicted molar refractivity (Wildman–Crippen MR) is 95.4 cm³/mol. The molecule has 7 nitrogen and oxygen atoms in total. The fourth-order valence-electron chi connectivity index (χ4n) is 4.03. The number of H-pyrrole nitrogens is 1. The van der Waals surface area contributed by atoms with Crippen LogP contribution in [-0.4, -0.2) is 50.7 Å². The van der Waals surface area contributed by atoms with E-state index in [0.717, 1.165) is 17.9 Å². The second kappa shape index (κ2) is 6.52. The highest BCUT2D eigenvalue weighted by Crippen LogP contribution is 2.31. The summed E-state index contributed by atoms with van der Waals surface area (Å²) in [4.78, 5) is 48.5. The molecule has 1 N–H and O–H groups in total. The number of rotatable bonds is 4. The van der Waals surface area contributed by atoms with Crippen molar-refractivity contribution in [3.8, 4) is 0 Å². The summed E-state index contributed by atoms with van der Waals surface area (Å²) < 4.78 is 0. The number of carbonyl (C=O) groups is 2. The molecule has 2 aliphatic heterocycles. The third-order valence-electron chi connectivity index (χ3n) is 5.74. The molecule has 0 spiro atoms. The van der Waals surface area contributed by atoms with Crippen LogP contribution < -0.4 is 5.56 Å². The molecule has 1 saturated heterocycles. The maximum atomic E-state index is 12.9. The Labute approximate surface area is 152 Å². The lowest BCUT2D eigenvalue weighted by Crippen LogP contribution is -2.43. The van der Waals surface area contributed by atoms with Crippen molar-refractivity contribution in [2.45, 2.75) is 58.5 Å². The van der Waals surface area contributed by atoms with E-state index in [0.29, 0.717) is 37.5 Å². The van der Waals surface area contributed by atoms with Crippen LogP contribution in [0.5, 0.6) is 0 Å². The third-order valence-corrected chi connectivity index (χ3v) is 5.74. The van der Waals surface area contributed by atoms with Gasteiger partial charge < -0.3 is 14.8 Å². The number of nitrogens with one attached hydrogen (secondary N) is 1. The average Bonchev–Trinajstić information content (AvgIpc) is 3.32. The van der Waals surface area contributed by atoms with Gasteiger partial charge in [0, 0.05) is 37.5 Å². The molecule has 140 valence electrons. The van der Waals surface area contributed by atoms with Gasteiger partial charge in [0.15, 0.2) is 0 Å². The molecule has 1 aromatic heterocycles. The van der Waals surface area contributed by atoms with E-state index in [9.17, 15) is 14.4 Å². The topological polar surface area (TPSA) is 86.4 Å². The van der Waals surface area contributed by atoms with E-state index in [1.807, 2.05) is 13.8 Å². The molecule has 3 heterocycles. The van der Waals surface area contributed by atoms with Crippen LogP contribution >= 0.6 is 0 Å². The van der Waals surface area contributed by atoms with E-state index in [4.69, 9.17) is 0 Å². The van der Waals surface area contributed by atoms with E-state index >= 15 is 0 Å². The molecular weight excluding hydrogens is 332 g/mol. The molecule has 4 rings (SSSR count). The molecule has 0 bridgehead atoms. The molecule has 1 aromatic rings. The minimum Gasteiger partial charge on any atom is -0.339 e. The quantitative estimate of drug-likeness (QED) is 0.865. The van der Waals surface area contributed by atoms with E-state index in [1.165, 1.54) is 12.8 Å². The summed E-state index contributed by atoms with van der Waals surface area (Å²) in [6, 6.07) is 0.118. The summed E-state index contributed by atoms with van der Waals surface area (Å²) >= 11 is 0. The van der Waals surface area contributed by atoms with Crippen molar-refractivity contribution in [3.63, 3.8) is 0 Å². The normalized spacial score (nSPS) is 22.9. The first kappa shape index (κ1) is 17.2. The van der Waals surface area contributed by atoms with Crippen molar-refractivity contribution in [2.24, 2.45) is 11.8 Å². The van der Waals surface area contributed by atoms with Crippen molar-refractivity contribution >= 4 is 11.8 Å². The summed E-state index contributed by atoms with van der Waals surface area (Å²) in [6.07, 6.45) is 4.04. The van der Waals surface area contributed by atoms with Gasteiger partial charge in [-0.15, -0.1) is 0 Å². The van der Waals surface area contributed by atoms with Gasteiger partial charge in [-0.25, -0.2) is 4.98 Å². The van der Waals surface area contributed by atoms with Crippen molar-refractivity contribution < 1.29 is 9.59 Å². The zero-order chi connectivity index (χ0) is 18.4. The van der Waals surface area contributed by atoms with Crippen LogP contribution in [0.4, 0.5) is 0 Å². The number of amides is 2. The number of aromatic nitrogens is 2. The van der Waals surface area contributed by atoms with Gasteiger partial charge in [-0.05, 0) is 39.0 Å². The number of hydrogen-bond donors (Lipinski definition) is 1. The summed E-state index contributed by atoms with van der Waals surface area (Å²) in [5.74, 6) is 1.17. The SMILES string of the molecule is CC(C)N1CC(C(=O)N2CCc3c(nc(CC4CC4)[nH]c3=O)C2)CC1=O. The van der Waals surface area contributed by atoms with E-state index in [1.54, 1.807) is 9.80 Å². The summed E-state index contributed by atoms with van der Waals surface area (Å²) in [6.45, 7) is 5.33. The smallest absolute Gasteiger partial charge is 0.254 e. The van der Waals surface area contributed by atoms with Gasteiger partial charge in [0.2, 0.25) is 11.8 Å². The Kier molecular flexibility index (Phi) is 4.32. The van der Waals surface area contributed by atoms with Gasteiger partial charge in [-0.3, -0.25) is 14.4 Å². The van der Waals surface area contributed by atoms with E-state index in [2.05, 4.69) is 9.97 Å². The van der Waals surface area contributed by atoms with Crippen molar-refractivity contribution in [2.75, 3.05) is 13.1 Å². The zero-order valence-electron chi connectivity index (χ0n) is 15.5. The zero-order valence-corrected chi connectivity index (χ0v) is 15.5. The monoisotopic (exact) mass is 358 g/mol. The molecule has 26 heavy (non-hydrogen) atoms. The number of hydrogen-bond acceptors (Lipinski definition) is 4. The Bertz CT molecular complexity index is 796. The van der Waals surface area contributed by atoms with E-state index in [-0.39, 0.29) is 35.8 Å². The Morgan fingerprint density at radius 2 is 2.08 bits per heavy atom. The highest BCUT2D eigenvalue weighted by atomic mass is 16.2. The number of fused-ring (bicyclic) bond motifs is 1. The molecular formula is C19H26N4O3. The standard InChI is InChI=1S/C19H26N4O3/c1-11(2)23-9-13(8-17(23)24)19(26)22-6-5-14-15(10-22)20-16(21-18(14)25)7-12-3-4-12/h11-13H,3-10H2,1-2H3,(H,20,21,25). The van der Waals surface area contributed by atoms with Crippen LogP contribution in [0.25, 0.3) is 0 Å². The lowest BCUT2D eigenvalue weighted by atomic mass is 10.0. The Balaban J connectivity index is 1.49. The average molecular weight is 358 g/mol. The number of carbonyl (C=O) groups excluding carboxylic acids is 2. The molecule has 1 atom stereocenters. The van der Waals surface area contributed by atoms with Crippen molar-refractivity contribution in [1.82, 2.24) is 19.8 Å². The second-order valence-electron chi connectivity index (χ2n) is 8.14. The largest absolute Gasteiger partial charge is 0.339 e. The predicted octanol–water partition coefficient (Wildman–Crippen LogP) is 0.864. The molecule has 0 aromatic carbocycles. The van der Waals surface area contributed by atoms with Crippen LogP contribution in [0.2, 0.25) is 0 Å². The second-order valence-corrected chi connectivity index (χ2v) is 8.14. The Hall–Kier alpha value is -2.18.